The average Bonchev–Trinajstić information content (AvgIpc) is 3.70. The van der Waals surface area contributed by atoms with Gasteiger partial charge in [0.25, 0.3) is 0 Å². The fourth-order valence-corrected chi connectivity index (χ4v) is 9.36. The van der Waals surface area contributed by atoms with Crippen LogP contribution in [0.2, 0.25) is 0 Å². The molecule has 0 spiro atoms. The molecule has 0 N–H and O–H groups in total. The molecule has 0 radical (unpaired) electrons. The van der Waals surface area contributed by atoms with Gasteiger partial charge in [0, 0.05) is 0 Å². The van der Waals surface area contributed by atoms with Crippen LogP contribution >= 0.6 is 15.8 Å². The Morgan fingerprint density at radius 1 is 0.447 bits per heavy atom. The molecular weight excluding hydrogens is 538 g/mol. The van der Waals surface area contributed by atoms with Crippen LogP contribution in [0.15, 0.2) is 170 Å². The minimum absolute atomic E-state index is 0. The molecule has 0 nitrogen and oxygen atoms in total. The summed E-state index contributed by atoms with van der Waals surface area (Å²) in [6.45, 7) is 0. The smallest absolute Gasteiger partial charge is 0.214 e. The van der Waals surface area contributed by atoms with E-state index in [1.54, 1.807) is 0 Å². The summed E-state index contributed by atoms with van der Waals surface area (Å²) in [4.78, 5) is 0. The second kappa shape index (κ2) is 14.8. The normalized spacial score (nSPS) is 10.5. The van der Waals surface area contributed by atoms with Gasteiger partial charge in [-0.05, 0) is 29.1 Å². The first-order valence-electron chi connectivity index (χ1n) is 12.6. The van der Waals surface area contributed by atoms with E-state index in [0.29, 0.717) is 0 Å². The van der Waals surface area contributed by atoms with Gasteiger partial charge < -0.3 is 0 Å². The summed E-state index contributed by atoms with van der Waals surface area (Å²) in [6.07, 6.45) is 1.06. The van der Waals surface area contributed by atoms with E-state index in [0.717, 1.165) is 6.16 Å². The Hall–Kier alpha value is -3.04. The Morgan fingerprint density at radius 3 is 1.26 bits per heavy atom. The van der Waals surface area contributed by atoms with Crippen LogP contribution in [0.1, 0.15) is 5.56 Å². The zero-order valence-electron chi connectivity index (χ0n) is 21.1. The summed E-state index contributed by atoms with van der Waals surface area (Å²) in [5.74, 6) is 0. The molecule has 3 heteroatoms. The first-order valence-corrected chi connectivity index (χ1v) is 15.5. The van der Waals surface area contributed by atoms with E-state index in [1.165, 1.54) is 32.1 Å². The number of benzene rings is 4. The molecule has 0 atom stereocenters. The average molecular weight is 568 g/mol. The third-order valence-corrected chi connectivity index (χ3v) is 11.2. The van der Waals surface area contributed by atoms with E-state index in [2.05, 4.69) is 140 Å². The SMILES string of the molecule is [Fe+2].c1cc[cH-]c1.c1ccc(P(Cc2cc[cH-]c2P(c2ccccc2)c2ccccc2)c2ccccc2)cc1. The van der Waals surface area contributed by atoms with Crippen molar-refractivity contribution in [1.29, 1.82) is 0 Å². The van der Waals surface area contributed by atoms with Gasteiger partial charge in [0.1, 0.15) is 0 Å². The zero-order chi connectivity index (χ0) is 25.1. The summed E-state index contributed by atoms with van der Waals surface area (Å²) < 4.78 is 0. The monoisotopic (exact) mass is 568 g/mol. The van der Waals surface area contributed by atoms with Crippen molar-refractivity contribution in [1.82, 2.24) is 0 Å². The quantitative estimate of drug-likeness (QED) is 0.109. The molecule has 0 fully saturated rings. The Morgan fingerprint density at radius 2 is 0.868 bits per heavy atom. The van der Waals surface area contributed by atoms with Gasteiger partial charge in [0.2, 0.25) is 0 Å². The van der Waals surface area contributed by atoms with Crippen LogP contribution in [0.4, 0.5) is 0 Å². The van der Waals surface area contributed by atoms with Gasteiger partial charge in [-0.3, -0.25) is 0 Å². The molecule has 0 saturated heterocycles. The topological polar surface area (TPSA) is 0 Å². The molecule has 0 aliphatic carbocycles. The maximum absolute atomic E-state index is 2.35. The van der Waals surface area contributed by atoms with Crippen molar-refractivity contribution in [2.45, 2.75) is 6.16 Å². The Balaban J connectivity index is 0.000000504. The van der Waals surface area contributed by atoms with Crippen molar-refractivity contribution in [3.8, 4) is 0 Å². The van der Waals surface area contributed by atoms with Crippen LogP contribution in [0.3, 0.4) is 0 Å². The van der Waals surface area contributed by atoms with Crippen molar-refractivity contribution in [2.75, 3.05) is 0 Å². The van der Waals surface area contributed by atoms with Gasteiger partial charge in [0.15, 0.2) is 0 Å². The van der Waals surface area contributed by atoms with E-state index < -0.39 is 15.8 Å². The van der Waals surface area contributed by atoms with Crippen LogP contribution in [0, 0.1) is 0 Å². The molecule has 0 amide bonds. The molecule has 188 valence electrons. The Kier molecular flexibility index (Phi) is 10.9. The van der Waals surface area contributed by atoms with Crippen molar-refractivity contribution in [3.05, 3.63) is 175 Å². The van der Waals surface area contributed by atoms with Gasteiger partial charge in [-0.15, -0.1) is 5.30 Å². The summed E-state index contributed by atoms with van der Waals surface area (Å²) in [5, 5.41) is 7.17. The van der Waals surface area contributed by atoms with E-state index in [1.807, 2.05) is 30.3 Å². The minimum Gasteiger partial charge on any atom is -0.214 e. The van der Waals surface area contributed by atoms with Crippen LogP contribution in [0.25, 0.3) is 0 Å². The van der Waals surface area contributed by atoms with Crippen LogP contribution < -0.4 is 26.5 Å². The number of rotatable bonds is 7. The van der Waals surface area contributed by atoms with E-state index in [9.17, 15) is 0 Å². The fourth-order valence-electron chi connectivity index (χ4n) is 4.42. The fraction of sp³-hybridized carbons (Fsp3) is 0.0286. The van der Waals surface area contributed by atoms with Crippen molar-refractivity contribution in [2.24, 2.45) is 0 Å². The van der Waals surface area contributed by atoms with Crippen LogP contribution in [0.5, 0.6) is 0 Å². The van der Waals surface area contributed by atoms with Crippen LogP contribution in [-0.4, -0.2) is 0 Å². The van der Waals surface area contributed by atoms with Gasteiger partial charge in [-0.2, -0.15) is 35.9 Å². The molecule has 0 aliphatic rings. The zero-order valence-corrected chi connectivity index (χ0v) is 24.0. The maximum atomic E-state index is 2.35. The molecular formula is C35H30FeP2. The first-order chi connectivity index (χ1) is 18.4. The second-order valence-electron chi connectivity index (χ2n) is 8.66. The molecule has 6 aromatic carbocycles. The molecule has 0 bridgehead atoms. The predicted octanol–water partition coefficient (Wildman–Crippen LogP) is 7.20. The molecule has 0 aromatic heterocycles. The summed E-state index contributed by atoms with van der Waals surface area (Å²) in [6, 6.07) is 61.0. The first kappa shape index (κ1) is 28.0. The summed E-state index contributed by atoms with van der Waals surface area (Å²) in [7, 11) is -1.06. The minimum atomic E-state index is -0.588. The molecule has 0 unspecified atom stereocenters. The largest absolute Gasteiger partial charge is 2.00 e. The Labute approximate surface area is 240 Å². The number of hydrogen-bond donors (Lipinski definition) is 0. The molecule has 0 heterocycles. The van der Waals surface area contributed by atoms with Gasteiger partial charge in [0.05, 0.1) is 0 Å². The summed E-state index contributed by atoms with van der Waals surface area (Å²) >= 11 is 0. The Bertz CT molecular complexity index is 1330. The van der Waals surface area contributed by atoms with Gasteiger partial charge in [-0.25, -0.2) is 18.2 Å². The van der Waals surface area contributed by atoms with E-state index in [4.69, 9.17) is 0 Å². The maximum Gasteiger partial charge on any atom is 2.00 e. The van der Waals surface area contributed by atoms with Gasteiger partial charge >= 0.3 is 17.1 Å². The molecule has 6 aromatic rings. The summed E-state index contributed by atoms with van der Waals surface area (Å²) in [5.41, 5.74) is 1.47. The standard InChI is InChI=1S/C30H25P2.C5H5.Fe/c1-5-15-26(16-6-1)31(27-17-7-2-8-18-27)24-25-14-13-23-30(25)32(28-19-9-3-10-20-28)29-21-11-4-12-22-29;1-2-4-5-3-1;/h1-23H,24H2;1-5H;/q2*-1;+2. The molecule has 0 aliphatic heterocycles. The number of hydrogen-bond acceptors (Lipinski definition) is 0. The van der Waals surface area contributed by atoms with Crippen molar-refractivity contribution >= 4 is 42.4 Å². The van der Waals surface area contributed by atoms with E-state index in [-0.39, 0.29) is 17.1 Å². The van der Waals surface area contributed by atoms with Gasteiger partial charge in [-0.1, -0.05) is 135 Å². The predicted molar refractivity (Wildman–Crippen MR) is 166 cm³/mol. The molecule has 6 rings (SSSR count). The third kappa shape index (κ3) is 7.29. The van der Waals surface area contributed by atoms with E-state index >= 15 is 0 Å². The van der Waals surface area contributed by atoms with Crippen LogP contribution in [-0.2, 0) is 23.2 Å². The second-order valence-corrected chi connectivity index (χ2v) is 13.1. The van der Waals surface area contributed by atoms with Crippen molar-refractivity contribution in [3.63, 3.8) is 0 Å². The van der Waals surface area contributed by atoms with Crippen molar-refractivity contribution < 1.29 is 17.1 Å². The molecule has 0 saturated carbocycles. The third-order valence-electron chi connectivity index (χ3n) is 6.17. The molecule has 38 heavy (non-hydrogen) atoms.